The molecule has 0 spiro atoms. The van der Waals surface area contributed by atoms with Crippen molar-refractivity contribution >= 4 is 11.5 Å². The monoisotopic (exact) mass is 275 g/mol. The second kappa shape index (κ2) is 5.18. The quantitative estimate of drug-likeness (QED) is 0.669. The minimum atomic E-state index is -0.346. The lowest BCUT2D eigenvalue weighted by atomic mass is 10.2. The van der Waals surface area contributed by atoms with Crippen molar-refractivity contribution in [3.63, 3.8) is 0 Å². The second-order valence-electron chi connectivity index (χ2n) is 5.16. The number of hydrogen-bond acceptors (Lipinski definition) is 5. The zero-order valence-electron chi connectivity index (χ0n) is 11.3. The molecule has 1 saturated heterocycles. The molecule has 20 heavy (non-hydrogen) atoms. The average molecular weight is 275 g/mol. The molecule has 3 heterocycles. The minimum absolute atomic E-state index is 0.0757. The van der Waals surface area contributed by atoms with Crippen LogP contribution in [0, 0.1) is 10.1 Å². The molecule has 0 bridgehead atoms. The molecule has 2 aromatic rings. The fourth-order valence-electron chi connectivity index (χ4n) is 2.70. The first-order valence-electron chi connectivity index (χ1n) is 6.71. The van der Waals surface area contributed by atoms with Crippen molar-refractivity contribution in [2.24, 2.45) is 0 Å². The molecule has 1 N–H and O–H groups in total. The van der Waals surface area contributed by atoms with Crippen LogP contribution in [0.15, 0.2) is 24.4 Å². The average Bonchev–Trinajstić information content (AvgIpc) is 2.76. The highest BCUT2D eigenvalue weighted by Gasteiger charge is 2.25. The summed E-state index contributed by atoms with van der Waals surface area (Å²) >= 11 is 0. The molecule has 1 aliphatic rings. The molecule has 3 rings (SSSR count). The van der Waals surface area contributed by atoms with Crippen LogP contribution in [-0.2, 0) is 6.54 Å². The summed E-state index contributed by atoms with van der Waals surface area (Å²) in [6.07, 6.45) is 1.68. The van der Waals surface area contributed by atoms with Gasteiger partial charge in [-0.3, -0.25) is 4.90 Å². The summed E-state index contributed by atoms with van der Waals surface area (Å²) < 4.78 is 1.54. The van der Waals surface area contributed by atoms with Crippen LogP contribution in [0.5, 0.6) is 0 Å². The Morgan fingerprint density at radius 1 is 1.55 bits per heavy atom. The first-order valence-corrected chi connectivity index (χ1v) is 6.71. The zero-order valence-corrected chi connectivity index (χ0v) is 11.3. The molecule has 1 unspecified atom stereocenters. The third-order valence-electron chi connectivity index (χ3n) is 3.57. The van der Waals surface area contributed by atoms with E-state index in [0.717, 1.165) is 19.6 Å². The number of rotatable bonds is 3. The maximum absolute atomic E-state index is 11.3. The number of imidazole rings is 1. The van der Waals surface area contributed by atoms with Crippen LogP contribution in [0.1, 0.15) is 12.6 Å². The van der Waals surface area contributed by atoms with E-state index in [9.17, 15) is 10.1 Å². The normalized spacial score (nSPS) is 20.4. The highest BCUT2D eigenvalue weighted by Crippen LogP contribution is 2.22. The topological polar surface area (TPSA) is 75.7 Å². The number of aromatic nitrogens is 2. The Morgan fingerprint density at radius 2 is 2.40 bits per heavy atom. The predicted molar refractivity (Wildman–Crippen MR) is 74.6 cm³/mol. The third-order valence-corrected chi connectivity index (χ3v) is 3.57. The van der Waals surface area contributed by atoms with Gasteiger partial charge in [0, 0.05) is 38.3 Å². The maximum atomic E-state index is 11.3. The summed E-state index contributed by atoms with van der Waals surface area (Å²) in [4.78, 5) is 17.6. The number of fused-ring (bicyclic) bond motifs is 1. The molecule has 7 nitrogen and oxygen atoms in total. The van der Waals surface area contributed by atoms with Gasteiger partial charge in [0.25, 0.3) is 0 Å². The number of piperazine rings is 1. The molecular formula is C13H17N5O2. The van der Waals surface area contributed by atoms with E-state index in [1.54, 1.807) is 22.7 Å². The second-order valence-corrected chi connectivity index (χ2v) is 5.16. The Kier molecular flexibility index (Phi) is 3.37. The van der Waals surface area contributed by atoms with E-state index in [2.05, 4.69) is 22.1 Å². The summed E-state index contributed by atoms with van der Waals surface area (Å²) in [6, 6.07) is 5.80. The van der Waals surface area contributed by atoms with Crippen LogP contribution in [0.25, 0.3) is 5.65 Å². The van der Waals surface area contributed by atoms with Gasteiger partial charge in [0.05, 0.1) is 6.20 Å². The zero-order chi connectivity index (χ0) is 14.1. The molecule has 0 aromatic carbocycles. The molecule has 2 aromatic heterocycles. The van der Waals surface area contributed by atoms with E-state index in [1.165, 1.54) is 0 Å². The van der Waals surface area contributed by atoms with Crippen molar-refractivity contribution in [2.75, 3.05) is 19.6 Å². The summed E-state index contributed by atoms with van der Waals surface area (Å²) in [5.41, 5.74) is 1.16. The highest BCUT2D eigenvalue weighted by atomic mass is 16.6. The van der Waals surface area contributed by atoms with Crippen LogP contribution in [0.4, 0.5) is 5.82 Å². The molecule has 1 atom stereocenters. The molecular weight excluding hydrogens is 258 g/mol. The van der Waals surface area contributed by atoms with E-state index in [0.29, 0.717) is 23.9 Å². The molecule has 1 fully saturated rings. The largest absolute Gasteiger partial charge is 0.358 e. The standard InChI is InChI=1S/C13H17N5O2/c1-10-8-16(7-5-14-10)9-11-13(18(19)20)17-6-3-2-4-12(17)15-11/h2-4,6,10,14H,5,7-9H2,1H3. The first kappa shape index (κ1) is 13.0. The van der Waals surface area contributed by atoms with E-state index in [1.807, 2.05) is 6.07 Å². The van der Waals surface area contributed by atoms with Gasteiger partial charge in [-0.25, -0.2) is 4.98 Å². The van der Waals surface area contributed by atoms with E-state index >= 15 is 0 Å². The molecule has 0 radical (unpaired) electrons. The molecule has 106 valence electrons. The van der Waals surface area contributed by atoms with Crippen LogP contribution in [0.3, 0.4) is 0 Å². The molecule has 7 heteroatoms. The summed E-state index contributed by atoms with van der Waals surface area (Å²) in [7, 11) is 0. The molecule has 0 saturated carbocycles. The Balaban J connectivity index is 1.94. The smallest absolute Gasteiger partial charge is 0.352 e. The van der Waals surface area contributed by atoms with Crippen molar-refractivity contribution in [3.8, 4) is 0 Å². The Morgan fingerprint density at radius 3 is 3.15 bits per heavy atom. The van der Waals surface area contributed by atoms with Crippen LogP contribution >= 0.6 is 0 Å². The maximum Gasteiger partial charge on any atom is 0.352 e. The van der Waals surface area contributed by atoms with Gasteiger partial charge in [-0.1, -0.05) is 6.07 Å². The fourth-order valence-corrected chi connectivity index (χ4v) is 2.70. The lowest BCUT2D eigenvalue weighted by Gasteiger charge is -2.30. The number of nitrogens with zero attached hydrogens (tertiary/aromatic N) is 4. The number of nitrogens with one attached hydrogen (secondary N) is 1. The molecule has 0 amide bonds. The van der Waals surface area contributed by atoms with Crippen LogP contribution in [-0.4, -0.2) is 44.9 Å². The Hall–Kier alpha value is -1.99. The predicted octanol–water partition coefficient (Wildman–Crippen LogP) is 1.04. The summed E-state index contributed by atoms with van der Waals surface area (Å²) in [5, 5.41) is 14.7. The van der Waals surface area contributed by atoms with Crippen molar-refractivity contribution in [1.29, 1.82) is 0 Å². The van der Waals surface area contributed by atoms with Gasteiger partial charge in [-0.15, -0.1) is 0 Å². The van der Waals surface area contributed by atoms with Crippen molar-refractivity contribution in [3.05, 3.63) is 40.2 Å². The van der Waals surface area contributed by atoms with Gasteiger partial charge >= 0.3 is 5.82 Å². The van der Waals surface area contributed by atoms with Crippen molar-refractivity contribution < 1.29 is 4.92 Å². The number of pyridine rings is 1. The highest BCUT2D eigenvalue weighted by molar-refractivity contribution is 5.48. The molecule has 0 aliphatic carbocycles. The van der Waals surface area contributed by atoms with Gasteiger partial charge in [0.2, 0.25) is 5.65 Å². The lowest BCUT2D eigenvalue weighted by molar-refractivity contribution is -0.391. The minimum Gasteiger partial charge on any atom is -0.358 e. The first-order chi connectivity index (χ1) is 9.65. The Labute approximate surface area is 116 Å². The van der Waals surface area contributed by atoms with Crippen LogP contribution in [0.2, 0.25) is 0 Å². The van der Waals surface area contributed by atoms with Gasteiger partial charge in [-0.2, -0.15) is 4.40 Å². The number of nitro groups is 1. The number of hydrogen-bond donors (Lipinski definition) is 1. The fraction of sp³-hybridized carbons (Fsp3) is 0.462. The van der Waals surface area contributed by atoms with Gasteiger partial charge in [0.15, 0.2) is 5.69 Å². The third kappa shape index (κ3) is 2.37. The van der Waals surface area contributed by atoms with Crippen molar-refractivity contribution in [1.82, 2.24) is 19.6 Å². The van der Waals surface area contributed by atoms with Gasteiger partial charge in [-0.05, 0) is 17.9 Å². The SMILES string of the molecule is CC1CN(Cc2nc3ccccn3c2[N+](=O)[O-])CCN1. The lowest BCUT2D eigenvalue weighted by Crippen LogP contribution is -2.48. The van der Waals surface area contributed by atoms with Gasteiger partial charge in [0.1, 0.15) is 0 Å². The summed E-state index contributed by atoms with van der Waals surface area (Å²) in [5.74, 6) is 0.0757. The van der Waals surface area contributed by atoms with E-state index in [-0.39, 0.29) is 10.7 Å². The molecule has 1 aliphatic heterocycles. The van der Waals surface area contributed by atoms with Crippen molar-refractivity contribution in [2.45, 2.75) is 19.5 Å². The van der Waals surface area contributed by atoms with Crippen LogP contribution < -0.4 is 5.32 Å². The van der Waals surface area contributed by atoms with E-state index in [4.69, 9.17) is 0 Å². The van der Waals surface area contributed by atoms with E-state index < -0.39 is 0 Å². The van der Waals surface area contributed by atoms with Gasteiger partial charge < -0.3 is 15.4 Å². The Bertz CT molecular complexity index is 639. The summed E-state index contributed by atoms with van der Waals surface area (Å²) in [6.45, 7) is 5.30.